The lowest BCUT2D eigenvalue weighted by molar-refractivity contribution is 0.476. The Morgan fingerprint density at radius 2 is 2.05 bits per heavy atom. The van der Waals surface area contributed by atoms with Gasteiger partial charge in [-0.2, -0.15) is 0 Å². The summed E-state index contributed by atoms with van der Waals surface area (Å²) in [6.45, 7) is 2.95. The lowest BCUT2D eigenvalue weighted by Gasteiger charge is -2.09. The Kier molecular flexibility index (Phi) is 3.91. The fourth-order valence-corrected chi connectivity index (χ4v) is 2.97. The van der Waals surface area contributed by atoms with Crippen LogP contribution in [0.5, 0.6) is 5.75 Å². The number of hydrogen-bond donors (Lipinski definition) is 1. The Balaban J connectivity index is 2.27. The second kappa shape index (κ2) is 5.70. The van der Waals surface area contributed by atoms with E-state index >= 15 is 0 Å². The predicted molar refractivity (Wildman–Crippen MR) is 89.8 cm³/mol. The van der Waals surface area contributed by atoms with Crippen LogP contribution < -0.4 is 0 Å². The number of aryl methyl sites for hydroxylation is 1. The Hall–Kier alpha value is -1.52. The number of aromatic hydroxyl groups is 1. The molecule has 21 heavy (non-hydrogen) atoms. The highest BCUT2D eigenvalue weighted by molar-refractivity contribution is 9.10. The van der Waals surface area contributed by atoms with Crippen LogP contribution in [0.25, 0.3) is 22.4 Å². The van der Waals surface area contributed by atoms with Gasteiger partial charge in [-0.3, -0.25) is 0 Å². The Morgan fingerprint density at radius 3 is 2.76 bits per heavy atom. The van der Waals surface area contributed by atoms with Gasteiger partial charge in [0.05, 0.1) is 16.6 Å². The summed E-state index contributed by atoms with van der Waals surface area (Å²) < 4.78 is 2.96. The lowest BCUT2D eigenvalue weighted by Crippen LogP contribution is -1.99. The van der Waals surface area contributed by atoms with E-state index in [4.69, 9.17) is 11.6 Å². The van der Waals surface area contributed by atoms with Crippen molar-refractivity contribution in [3.05, 3.63) is 45.9 Å². The van der Waals surface area contributed by atoms with E-state index in [0.29, 0.717) is 5.02 Å². The van der Waals surface area contributed by atoms with Crippen molar-refractivity contribution in [1.29, 1.82) is 0 Å². The third-order valence-corrected chi connectivity index (χ3v) is 4.09. The number of phenolic OH excluding ortho intramolecular Hbond substituents is 1. The normalized spacial score (nSPS) is 11.2. The van der Waals surface area contributed by atoms with Crippen LogP contribution in [0, 0.1) is 0 Å². The molecule has 5 heteroatoms. The average molecular weight is 366 g/mol. The number of benzene rings is 2. The second-order valence-electron chi connectivity index (χ2n) is 4.88. The summed E-state index contributed by atoms with van der Waals surface area (Å²) >= 11 is 9.41. The van der Waals surface area contributed by atoms with Gasteiger partial charge in [-0.05, 0) is 42.8 Å². The van der Waals surface area contributed by atoms with Crippen molar-refractivity contribution in [2.45, 2.75) is 19.9 Å². The van der Waals surface area contributed by atoms with E-state index in [2.05, 4.69) is 32.4 Å². The van der Waals surface area contributed by atoms with E-state index < -0.39 is 0 Å². The van der Waals surface area contributed by atoms with Gasteiger partial charge >= 0.3 is 0 Å². The quantitative estimate of drug-likeness (QED) is 0.689. The largest absolute Gasteiger partial charge is 0.507 e. The van der Waals surface area contributed by atoms with Crippen LogP contribution in [0.2, 0.25) is 5.02 Å². The molecule has 0 spiro atoms. The molecule has 0 saturated heterocycles. The number of hydrogen-bond acceptors (Lipinski definition) is 2. The van der Waals surface area contributed by atoms with Crippen molar-refractivity contribution in [2.24, 2.45) is 0 Å². The zero-order valence-electron chi connectivity index (χ0n) is 11.5. The van der Waals surface area contributed by atoms with Gasteiger partial charge in [-0.25, -0.2) is 4.98 Å². The first-order chi connectivity index (χ1) is 10.1. The summed E-state index contributed by atoms with van der Waals surface area (Å²) in [5.74, 6) is 0.974. The van der Waals surface area contributed by atoms with Crippen molar-refractivity contribution in [3.63, 3.8) is 0 Å². The lowest BCUT2D eigenvalue weighted by atomic mass is 10.2. The molecule has 0 unspecified atom stereocenters. The number of fused-ring (bicyclic) bond motifs is 1. The van der Waals surface area contributed by atoms with Crippen LogP contribution in [0.4, 0.5) is 0 Å². The van der Waals surface area contributed by atoms with Crippen LogP contribution in [0.3, 0.4) is 0 Å². The number of phenols is 1. The molecule has 0 aliphatic rings. The summed E-state index contributed by atoms with van der Waals surface area (Å²) in [5, 5.41) is 10.9. The minimum absolute atomic E-state index is 0.211. The first kappa shape index (κ1) is 14.4. The van der Waals surface area contributed by atoms with Crippen molar-refractivity contribution < 1.29 is 5.11 Å². The Morgan fingerprint density at radius 1 is 1.24 bits per heavy atom. The SMILES string of the molecule is CCCn1c(-c2ccc(Br)cc2O)nc2cc(Cl)ccc21. The van der Waals surface area contributed by atoms with Gasteiger partial charge in [0.2, 0.25) is 0 Å². The van der Waals surface area contributed by atoms with Crippen LogP contribution in [0.1, 0.15) is 13.3 Å². The number of imidazole rings is 1. The van der Waals surface area contributed by atoms with E-state index in [1.165, 1.54) is 0 Å². The standard InChI is InChI=1S/C16H14BrClN2O/c1-2-7-20-14-6-4-11(18)9-13(14)19-16(20)12-5-3-10(17)8-15(12)21/h3-6,8-9,21H,2,7H2,1H3. The molecule has 0 radical (unpaired) electrons. The minimum Gasteiger partial charge on any atom is -0.507 e. The van der Waals surface area contributed by atoms with Crippen LogP contribution in [-0.2, 0) is 6.54 Å². The smallest absolute Gasteiger partial charge is 0.144 e. The molecule has 108 valence electrons. The molecule has 0 aliphatic carbocycles. The van der Waals surface area contributed by atoms with E-state index in [1.54, 1.807) is 6.07 Å². The van der Waals surface area contributed by atoms with Gasteiger partial charge in [0.1, 0.15) is 11.6 Å². The molecule has 0 saturated carbocycles. The molecule has 0 bridgehead atoms. The fraction of sp³-hybridized carbons (Fsp3) is 0.188. The molecule has 1 aromatic heterocycles. The summed E-state index contributed by atoms with van der Waals surface area (Å²) in [6.07, 6.45) is 0.985. The Bertz CT molecular complexity index is 813. The van der Waals surface area contributed by atoms with Gasteiger partial charge in [0.15, 0.2) is 0 Å². The van der Waals surface area contributed by atoms with Gasteiger partial charge in [0, 0.05) is 16.0 Å². The third kappa shape index (κ3) is 2.65. The van der Waals surface area contributed by atoms with E-state index in [-0.39, 0.29) is 5.75 Å². The number of halogens is 2. The molecular weight excluding hydrogens is 352 g/mol. The molecule has 0 aliphatic heterocycles. The number of aromatic nitrogens is 2. The maximum absolute atomic E-state index is 10.2. The second-order valence-corrected chi connectivity index (χ2v) is 6.23. The summed E-state index contributed by atoms with van der Waals surface area (Å²) in [4.78, 5) is 4.66. The molecule has 3 aromatic rings. The molecular formula is C16H14BrClN2O. The highest BCUT2D eigenvalue weighted by atomic mass is 79.9. The zero-order chi connectivity index (χ0) is 15.0. The topological polar surface area (TPSA) is 38.0 Å². The van der Waals surface area contributed by atoms with Gasteiger partial charge < -0.3 is 9.67 Å². The highest BCUT2D eigenvalue weighted by Gasteiger charge is 2.15. The molecule has 0 amide bonds. The maximum Gasteiger partial charge on any atom is 0.144 e. The third-order valence-electron chi connectivity index (χ3n) is 3.36. The van der Waals surface area contributed by atoms with Crippen LogP contribution in [0.15, 0.2) is 40.9 Å². The number of rotatable bonds is 3. The van der Waals surface area contributed by atoms with E-state index in [1.807, 2.05) is 30.3 Å². The zero-order valence-corrected chi connectivity index (χ0v) is 13.8. The number of nitrogens with zero attached hydrogens (tertiary/aromatic N) is 2. The Labute approximate surface area is 136 Å². The summed E-state index contributed by atoms with van der Waals surface area (Å²) in [7, 11) is 0. The molecule has 0 fully saturated rings. The predicted octanol–water partition coefficient (Wildman–Crippen LogP) is 5.23. The first-order valence-corrected chi connectivity index (χ1v) is 7.92. The molecule has 1 N–H and O–H groups in total. The van der Waals surface area contributed by atoms with Crippen LogP contribution >= 0.6 is 27.5 Å². The van der Waals surface area contributed by atoms with Crippen molar-refractivity contribution in [1.82, 2.24) is 9.55 Å². The van der Waals surface area contributed by atoms with Gasteiger partial charge in [-0.15, -0.1) is 0 Å². The van der Waals surface area contributed by atoms with Gasteiger partial charge in [-0.1, -0.05) is 34.5 Å². The summed E-state index contributed by atoms with van der Waals surface area (Å²) in [6, 6.07) is 11.1. The molecule has 1 heterocycles. The van der Waals surface area contributed by atoms with Crippen molar-refractivity contribution in [3.8, 4) is 17.1 Å². The highest BCUT2D eigenvalue weighted by Crippen LogP contribution is 2.34. The van der Waals surface area contributed by atoms with Gasteiger partial charge in [0.25, 0.3) is 0 Å². The molecule has 3 nitrogen and oxygen atoms in total. The van der Waals surface area contributed by atoms with E-state index in [9.17, 15) is 5.11 Å². The first-order valence-electron chi connectivity index (χ1n) is 6.75. The monoisotopic (exact) mass is 364 g/mol. The van der Waals surface area contributed by atoms with E-state index in [0.717, 1.165) is 39.9 Å². The summed E-state index contributed by atoms with van der Waals surface area (Å²) in [5.41, 5.74) is 2.59. The average Bonchev–Trinajstić information content (AvgIpc) is 2.77. The molecule has 0 atom stereocenters. The van der Waals surface area contributed by atoms with Crippen molar-refractivity contribution in [2.75, 3.05) is 0 Å². The van der Waals surface area contributed by atoms with Crippen molar-refractivity contribution >= 4 is 38.6 Å². The minimum atomic E-state index is 0.211. The van der Waals surface area contributed by atoms with Crippen LogP contribution in [-0.4, -0.2) is 14.7 Å². The molecule has 3 rings (SSSR count). The fourth-order valence-electron chi connectivity index (χ4n) is 2.45. The maximum atomic E-state index is 10.2. The molecule has 2 aromatic carbocycles.